The summed E-state index contributed by atoms with van der Waals surface area (Å²) in [6.07, 6.45) is 17.5. The molecule has 0 unspecified atom stereocenters. The van der Waals surface area contributed by atoms with Gasteiger partial charge in [0.25, 0.3) is 0 Å². The van der Waals surface area contributed by atoms with Crippen molar-refractivity contribution in [1.29, 1.82) is 0 Å². The predicted molar refractivity (Wildman–Crippen MR) is 93.5 cm³/mol. The zero-order chi connectivity index (χ0) is 16.2. The molecule has 0 saturated heterocycles. The van der Waals surface area contributed by atoms with E-state index in [9.17, 15) is 4.79 Å². The van der Waals surface area contributed by atoms with Crippen molar-refractivity contribution in [2.45, 2.75) is 0 Å². The molecule has 120 valence electrons. The van der Waals surface area contributed by atoms with E-state index in [0.717, 1.165) is 5.92 Å². The number of benzene rings is 1. The Hall–Kier alpha value is -0.471. The van der Waals surface area contributed by atoms with E-state index >= 15 is 0 Å². The molecule has 0 N–H and O–H groups in total. The van der Waals surface area contributed by atoms with Gasteiger partial charge in [-0.15, -0.1) is 0 Å². The van der Waals surface area contributed by atoms with Crippen molar-refractivity contribution < 1.29 is 21.5 Å². The van der Waals surface area contributed by atoms with Gasteiger partial charge in [-0.2, -0.15) is 0 Å². The second-order valence-electron chi connectivity index (χ2n) is 4.88. The molecule has 10 radical (unpaired) electrons. The number of rotatable bonds is 1. The van der Waals surface area contributed by atoms with Crippen LogP contribution in [0, 0.1) is 63.7 Å². The van der Waals surface area contributed by atoms with Gasteiger partial charge in [-0.05, 0) is 69.9 Å². The molecule has 0 aliphatic heterocycles. The Morgan fingerprint density at radius 2 is 1.38 bits per heavy atom. The maximum atomic E-state index is 12.0. The molecule has 24 heavy (non-hydrogen) atoms. The van der Waals surface area contributed by atoms with Gasteiger partial charge in [-0.25, -0.2) is 0 Å². The molecule has 2 fully saturated rings. The Morgan fingerprint density at radius 1 is 0.792 bits per heavy atom. The first kappa shape index (κ1) is 19.8. The molecule has 1 aromatic heterocycles. The molecule has 2 aromatic rings. The van der Waals surface area contributed by atoms with Crippen LogP contribution >= 0.6 is 23.2 Å². The Morgan fingerprint density at radius 3 is 1.96 bits per heavy atom. The van der Waals surface area contributed by atoms with Crippen LogP contribution in [0.15, 0.2) is 27.4 Å². The third-order valence-electron chi connectivity index (χ3n) is 3.25. The van der Waals surface area contributed by atoms with Crippen LogP contribution in [0.4, 0.5) is 0 Å². The zero-order valence-corrected chi connectivity index (χ0v) is 15.0. The fourth-order valence-corrected chi connectivity index (χ4v) is 2.72. The molecule has 1 aromatic carbocycles. The first-order valence-electron chi connectivity index (χ1n) is 6.97. The monoisotopic (exact) mass is 398 g/mol. The molecule has 0 atom stereocenters. The van der Waals surface area contributed by atoms with Crippen molar-refractivity contribution in [2.24, 2.45) is 0 Å². The van der Waals surface area contributed by atoms with Crippen molar-refractivity contribution in [1.82, 2.24) is 0 Å². The summed E-state index contributed by atoms with van der Waals surface area (Å²) < 4.78 is 5.68. The van der Waals surface area contributed by atoms with Gasteiger partial charge in [0.15, 0.2) is 11.0 Å². The van der Waals surface area contributed by atoms with Crippen LogP contribution in [0.3, 0.4) is 0 Å². The fourth-order valence-electron chi connectivity index (χ4n) is 2.18. The molecule has 2 nitrogen and oxygen atoms in total. The van der Waals surface area contributed by atoms with Crippen LogP contribution in [-0.2, 0) is 17.1 Å². The third-order valence-corrected chi connectivity index (χ3v) is 3.75. The maximum Gasteiger partial charge on any atom is 2.00 e. The van der Waals surface area contributed by atoms with Crippen LogP contribution in [-0.4, -0.2) is 0 Å². The van der Waals surface area contributed by atoms with E-state index in [4.69, 9.17) is 27.6 Å². The van der Waals surface area contributed by atoms with E-state index in [2.05, 4.69) is 0 Å². The van der Waals surface area contributed by atoms with Crippen LogP contribution in [0.5, 0.6) is 0 Å². The van der Waals surface area contributed by atoms with Crippen molar-refractivity contribution >= 4 is 34.2 Å². The van der Waals surface area contributed by atoms with E-state index in [-0.39, 0.29) is 22.5 Å². The minimum absolute atomic E-state index is 0. The van der Waals surface area contributed by atoms with Crippen LogP contribution in [0.25, 0.3) is 11.0 Å². The average Bonchev–Trinajstić information content (AvgIpc) is 3.24. The normalized spacial score (nSPS) is 17.4. The standard InChI is InChI=1S/C14H7Cl2O2.C5H5.Fe/c15-9-5-10-12(17)7-13(8-3-1-2-4-8)18-14(10)11(16)6-9;1-2-4-5-3-1;/h1-7H;1-5H;/q;;+2. The summed E-state index contributed by atoms with van der Waals surface area (Å²) in [4.78, 5) is 12.0. The first-order chi connectivity index (χ1) is 11.1. The van der Waals surface area contributed by atoms with Crippen molar-refractivity contribution in [3.05, 3.63) is 108 Å². The van der Waals surface area contributed by atoms with E-state index < -0.39 is 0 Å². The van der Waals surface area contributed by atoms with Crippen molar-refractivity contribution in [3.8, 4) is 0 Å². The van der Waals surface area contributed by atoms with Gasteiger partial charge in [0.2, 0.25) is 0 Å². The van der Waals surface area contributed by atoms with Crippen molar-refractivity contribution in [3.63, 3.8) is 0 Å². The number of hydrogen-bond donors (Lipinski definition) is 0. The summed E-state index contributed by atoms with van der Waals surface area (Å²) in [5.41, 5.74) is 0.210. The summed E-state index contributed by atoms with van der Waals surface area (Å²) >= 11 is 11.9. The third kappa shape index (κ3) is 4.79. The van der Waals surface area contributed by atoms with Gasteiger partial charge in [0.1, 0.15) is 5.76 Å². The minimum Gasteiger partial charge on any atom is -0.459 e. The van der Waals surface area contributed by atoms with Gasteiger partial charge < -0.3 is 4.42 Å². The van der Waals surface area contributed by atoms with Crippen LogP contribution < -0.4 is 5.43 Å². The largest absolute Gasteiger partial charge is 2.00 e. The Bertz CT molecular complexity index is 724. The van der Waals surface area contributed by atoms with Gasteiger partial charge in [0, 0.05) is 17.0 Å². The first-order valence-corrected chi connectivity index (χ1v) is 7.72. The molecule has 4 rings (SSSR count). The molecule has 0 amide bonds. The van der Waals surface area contributed by atoms with Gasteiger partial charge >= 0.3 is 17.1 Å². The smallest absolute Gasteiger partial charge is 0.459 e. The van der Waals surface area contributed by atoms with Crippen molar-refractivity contribution in [2.75, 3.05) is 0 Å². The second-order valence-corrected chi connectivity index (χ2v) is 5.72. The summed E-state index contributed by atoms with van der Waals surface area (Å²) in [5.74, 6) is 1.35. The molecule has 0 bridgehead atoms. The van der Waals surface area contributed by atoms with Gasteiger partial charge in [-0.1, -0.05) is 23.2 Å². The number of hydrogen-bond acceptors (Lipinski definition) is 2. The number of halogens is 2. The molecule has 5 heteroatoms. The topological polar surface area (TPSA) is 30.2 Å². The zero-order valence-electron chi connectivity index (χ0n) is 12.4. The Labute approximate surface area is 163 Å². The van der Waals surface area contributed by atoms with E-state index in [1.807, 2.05) is 57.8 Å². The fraction of sp³-hybridized carbons (Fsp3) is 0. The van der Waals surface area contributed by atoms with Gasteiger partial charge in [0.05, 0.1) is 10.4 Å². The quantitative estimate of drug-likeness (QED) is 0.641. The van der Waals surface area contributed by atoms with E-state index in [1.165, 1.54) is 6.07 Å². The predicted octanol–water partition coefficient (Wildman–Crippen LogP) is 4.87. The van der Waals surface area contributed by atoms with E-state index in [0.29, 0.717) is 26.8 Å². The summed E-state index contributed by atoms with van der Waals surface area (Å²) in [7, 11) is 0. The van der Waals surface area contributed by atoms with Crippen LogP contribution in [0.1, 0.15) is 5.76 Å². The molecule has 0 spiro atoms. The maximum absolute atomic E-state index is 12.0. The SMILES string of the molecule is O=c1cc([C]2[CH][CH][CH][CH]2)oc2c(Cl)cc(Cl)cc12.[CH]1[CH][CH][CH][CH]1.[Fe+2]. The number of fused-ring (bicyclic) bond motifs is 1. The molecule has 2 aliphatic carbocycles. The molecule has 2 aliphatic rings. The van der Waals surface area contributed by atoms with E-state index in [1.54, 1.807) is 12.1 Å². The summed E-state index contributed by atoms with van der Waals surface area (Å²) in [6.45, 7) is 0. The summed E-state index contributed by atoms with van der Waals surface area (Å²) in [6, 6.07) is 4.57. The minimum atomic E-state index is -0.156. The summed E-state index contributed by atoms with van der Waals surface area (Å²) in [5, 5.41) is 1.15. The molecular formula is C19H12Cl2FeO2+2. The van der Waals surface area contributed by atoms with Gasteiger partial charge in [-0.3, -0.25) is 4.79 Å². The van der Waals surface area contributed by atoms with Crippen LogP contribution in [0.2, 0.25) is 10.0 Å². The average molecular weight is 399 g/mol. The Balaban J connectivity index is 0.000000300. The molecular weight excluding hydrogens is 387 g/mol. The molecule has 2 saturated carbocycles. The molecule has 1 heterocycles. The Kier molecular flexibility index (Phi) is 7.68. The second kappa shape index (κ2) is 9.29.